The van der Waals surface area contributed by atoms with Crippen LogP contribution in [0.25, 0.3) is 0 Å². The molecule has 10 nitrogen and oxygen atoms in total. The van der Waals surface area contributed by atoms with Crippen LogP contribution < -0.4 is 10.5 Å². The topological polar surface area (TPSA) is 142 Å². The summed E-state index contributed by atoms with van der Waals surface area (Å²) in [6, 6.07) is 7.76. The number of rotatable bonds is 9. The first-order valence-corrected chi connectivity index (χ1v) is 13.1. The summed E-state index contributed by atoms with van der Waals surface area (Å²) in [5.74, 6) is 0.00352. The van der Waals surface area contributed by atoms with Gasteiger partial charge in [0.25, 0.3) is 0 Å². The van der Waals surface area contributed by atoms with Crippen molar-refractivity contribution in [2.24, 2.45) is 11.1 Å². The average molecular weight is 570 g/mol. The molecule has 1 fully saturated rings. The molecular formula is C21H22BrClN6O4S. The monoisotopic (exact) mass is 568 g/mol. The van der Waals surface area contributed by atoms with Crippen LogP contribution in [0.15, 0.2) is 47.5 Å². The van der Waals surface area contributed by atoms with Crippen LogP contribution in [0.2, 0.25) is 5.02 Å². The molecule has 0 bridgehead atoms. The van der Waals surface area contributed by atoms with Gasteiger partial charge in [0.05, 0.1) is 23.7 Å². The first-order chi connectivity index (χ1) is 16.2. The molecule has 2 heterocycles. The number of halogens is 2. The fourth-order valence-corrected chi connectivity index (χ4v) is 5.00. The van der Waals surface area contributed by atoms with Gasteiger partial charge in [0, 0.05) is 22.9 Å². The number of hydrogen-bond donors (Lipinski definition) is 2. The fraction of sp³-hybridized carbons (Fsp3) is 0.333. The fourth-order valence-electron chi connectivity index (χ4n) is 3.93. The number of carbonyl (C=O) groups excluding carboxylic acids is 1. The molecule has 34 heavy (non-hydrogen) atoms. The molecule has 1 aliphatic rings. The number of aromatic nitrogens is 4. The molecule has 0 spiro atoms. The normalized spacial score (nSPS) is 18.2. The number of nitrogens with two attached hydrogens (primary N) is 1. The molecule has 4 rings (SSSR count). The molecule has 1 aromatic carbocycles. The van der Waals surface area contributed by atoms with Gasteiger partial charge < -0.3 is 5.32 Å². The van der Waals surface area contributed by atoms with Crippen LogP contribution in [-0.4, -0.2) is 46.6 Å². The Morgan fingerprint density at radius 3 is 2.94 bits per heavy atom. The molecule has 0 amide bonds. The summed E-state index contributed by atoms with van der Waals surface area (Å²) in [5.41, 5.74) is 1.36. The highest BCUT2D eigenvalue weighted by Gasteiger charge is 2.28. The van der Waals surface area contributed by atoms with Crippen molar-refractivity contribution in [1.29, 1.82) is 0 Å². The molecule has 13 heteroatoms. The van der Waals surface area contributed by atoms with Gasteiger partial charge >= 0.3 is 10.3 Å². The van der Waals surface area contributed by atoms with Crippen molar-refractivity contribution >= 4 is 49.4 Å². The van der Waals surface area contributed by atoms with Crippen molar-refractivity contribution in [3.63, 3.8) is 0 Å². The lowest BCUT2D eigenvalue weighted by Crippen LogP contribution is -2.22. The van der Waals surface area contributed by atoms with Gasteiger partial charge in [-0.05, 0) is 42.9 Å². The summed E-state index contributed by atoms with van der Waals surface area (Å²) in [6.45, 7) is 0.477. The third-order valence-electron chi connectivity index (χ3n) is 5.47. The van der Waals surface area contributed by atoms with E-state index in [1.165, 1.54) is 12.5 Å². The van der Waals surface area contributed by atoms with Crippen molar-refractivity contribution in [1.82, 2.24) is 19.7 Å². The van der Waals surface area contributed by atoms with E-state index >= 15 is 0 Å². The van der Waals surface area contributed by atoms with Crippen molar-refractivity contribution in [2.45, 2.75) is 31.8 Å². The maximum Gasteiger partial charge on any atom is 0.333 e. The summed E-state index contributed by atoms with van der Waals surface area (Å²) < 4.78 is 29.3. The molecular weight excluding hydrogens is 548 g/mol. The van der Waals surface area contributed by atoms with Crippen molar-refractivity contribution in [3.05, 3.63) is 69.3 Å². The number of benzene rings is 1. The lowest BCUT2D eigenvalue weighted by molar-refractivity contribution is 0.103. The van der Waals surface area contributed by atoms with Crippen LogP contribution in [0, 0.1) is 5.92 Å². The predicted molar refractivity (Wildman–Crippen MR) is 130 cm³/mol. The molecule has 0 saturated heterocycles. The Labute approximate surface area is 210 Å². The van der Waals surface area contributed by atoms with Gasteiger partial charge in [0.2, 0.25) is 5.78 Å². The molecule has 1 aliphatic carbocycles. The number of nitrogens with one attached hydrogen (secondary N) is 1. The first-order valence-electron chi connectivity index (χ1n) is 10.4. The molecule has 2 unspecified atom stereocenters. The van der Waals surface area contributed by atoms with Crippen molar-refractivity contribution in [2.75, 3.05) is 11.9 Å². The summed E-state index contributed by atoms with van der Waals surface area (Å²) in [5, 5.41) is 12.8. The Kier molecular flexibility index (Phi) is 7.63. The zero-order chi connectivity index (χ0) is 24.3. The van der Waals surface area contributed by atoms with Gasteiger partial charge in [-0.2, -0.15) is 13.5 Å². The number of anilines is 1. The second-order valence-corrected chi connectivity index (χ2v) is 10.6. The zero-order valence-corrected chi connectivity index (χ0v) is 21.1. The van der Waals surface area contributed by atoms with E-state index in [2.05, 4.69) is 36.3 Å². The highest BCUT2D eigenvalue weighted by molar-refractivity contribution is 9.10. The van der Waals surface area contributed by atoms with Gasteiger partial charge in [-0.1, -0.05) is 39.7 Å². The van der Waals surface area contributed by atoms with E-state index < -0.39 is 16.1 Å². The Hall–Kier alpha value is -2.38. The number of hydrogen-bond acceptors (Lipinski definition) is 8. The van der Waals surface area contributed by atoms with Crippen LogP contribution >= 0.6 is 27.5 Å². The SMILES string of the molecule is NS(=O)(=O)OCC1CCC(Nc2ncncc2C(=O)c2nn(Cc3cccc(Br)c3)cc2Cl)C1. The van der Waals surface area contributed by atoms with E-state index in [4.69, 9.17) is 20.9 Å². The standard InChI is InChI=1S/C21H22BrClN6O4S/c22-15-3-1-2-13(6-15)9-29-10-18(23)19(28-29)20(30)17-8-25-12-26-21(17)27-16-5-4-14(7-16)11-33-34(24,31)32/h1-3,6,8,10,12,14,16H,4-5,7,9,11H2,(H2,24,31,32)(H,25,26,27). The Morgan fingerprint density at radius 2 is 2.18 bits per heavy atom. The smallest absolute Gasteiger partial charge is 0.333 e. The maximum absolute atomic E-state index is 13.3. The minimum Gasteiger partial charge on any atom is -0.367 e. The molecule has 1 saturated carbocycles. The molecule has 2 atom stereocenters. The average Bonchev–Trinajstić information content (AvgIpc) is 3.38. The lowest BCUT2D eigenvalue weighted by Gasteiger charge is -2.15. The minimum absolute atomic E-state index is 0.0138. The summed E-state index contributed by atoms with van der Waals surface area (Å²) in [4.78, 5) is 21.5. The number of carbonyl (C=O) groups is 1. The Balaban J connectivity index is 1.46. The van der Waals surface area contributed by atoms with Crippen LogP contribution in [0.5, 0.6) is 0 Å². The molecule has 2 aromatic heterocycles. The highest BCUT2D eigenvalue weighted by atomic mass is 79.9. The van der Waals surface area contributed by atoms with Crippen LogP contribution in [0.3, 0.4) is 0 Å². The zero-order valence-electron chi connectivity index (χ0n) is 17.9. The van der Waals surface area contributed by atoms with Crippen molar-refractivity contribution < 1.29 is 17.4 Å². The van der Waals surface area contributed by atoms with Gasteiger partial charge in [-0.25, -0.2) is 15.1 Å². The quantitative estimate of drug-likeness (QED) is 0.374. The van der Waals surface area contributed by atoms with E-state index in [1.807, 2.05) is 24.3 Å². The predicted octanol–water partition coefficient (Wildman–Crippen LogP) is 3.17. The van der Waals surface area contributed by atoms with Crippen molar-refractivity contribution in [3.8, 4) is 0 Å². The summed E-state index contributed by atoms with van der Waals surface area (Å²) >= 11 is 9.80. The van der Waals surface area contributed by atoms with Crippen LogP contribution in [0.1, 0.15) is 40.9 Å². The van der Waals surface area contributed by atoms with E-state index in [0.29, 0.717) is 18.8 Å². The van der Waals surface area contributed by atoms with E-state index in [-0.39, 0.29) is 34.8 Å². The van der Waals surface area contributed by atoms with Crippen LogP contribution in [-0.2, 0) is 21.0 Å². The summed E-state index contributed by atoms with van der Waals surface area (Å²) in [7, 11) is -3.97. The number of nitrogens with zero attached hydrogens (tertiary/aromatic N) is 4. The third-order valence-corrected chi connectivity index (χ3v) is 6.71. The van der Waals surface area contributed by atoms with Crippen LogP contribution in [0.4, 0.5) is 5.82 Å². The van der Waals surface area contributed by atoms with Gasteiger partial charge in [-0.15, -0.1) is 0 Å². The molecule has 3 aromatic rings. The molecule has 0 radical (unpaired) electrons. The lowest BCUT2D eigenvalue weighted by atomic mass is 10.1. The number of ketones is 1. The van der Waals surface area contributed by atoms with E-state index in [9.17, 15) is 13.2 Å². The molecule has 3 N–H and O–H groups in total. The van der Waals surface area contributed by atoms with E-state index in [1.54, 1.807) is 10.9 Å². The first kappa shape index (κ1) is 24.7. The molecule has 180 valence electrons. The van der Waals surface area contributed by atoms with Gasteiger partial charge in [0.15, 0.2) is 5.69 Å². The minimum atomic E-state index is -3.97. The maximum atomic E-state index is 13.3. The summed E-state index contributed by atoms with van der Waals surface area (Å²) in [6.07, 6.45) is 6.56. The second kappa shape index (κ2) is 10.5. The Bertz CT molecular complexity index is 1300. The largest absolute Gasteiger partial charge is 0.367 e. The van der Waals surface area contributed by atoms with Gasteiger partial charge in [0.1, 0.15) is 12.1 Å². The Morgan fingerprint density at radius 1 is 1.35 bits per heavy atom. The highest BCUT2D eigenvalue weighted by Crippen LogP contribution is 2.30. The van der Waals surface area contributed by atoms with Gasteiger partial charge in [-0.3, -0.25) is 13.7 Å². The molecule has 0 aliphatic heterocycles. The van der Waals surface area contributed by atoms with E-state index in [0.717, 1.165) is 22.9 Å². The second-order valence-electron chi connectivity index (χ2n) is 8.06. The third kappa shape index (κ3) is 6.39.